The van der Waals surface area contributed by atoms with Gasteiger partial charge in [-0.05, 0) is 39.7 Å². The molecule has 0 spiro atoms. The van der Waals surface area contributed by atoms with E-state index in [1.807, 2.05) is 18.3 Å². The summed E-state index contributed by atoms with van der Waals surface area (Å²) in [5.41, 5.74) is 1.10. The third-order valence-corrected chi connectivity index (χ3v) is 3.27. The van der Waals surface area contributed by atoms with E-state index >= 15 is 0 Å². The summed E-state index contributed by atoms with van der Waals surface area (Å²) in [6, 6.07) is 6.63. The number of hydrogen-bond acceptors (Lipinski definition) is 4. The minimum Gasteiger partial charge on any atom is -0.310 e. The fourth-order valence-corrected chi connectivity index (χ4v) is 2.28. The Balaban J connectivity index is 2.22. The quantitative estimate of drug-likeness (QED) is 0.684. The maximum atomic E-state index is 4.31. The monoisotopic (exact) mass is 264 g/mol. The lowest BCUT2D eigenvalue weighted by molar-refractivity contribution is 0.182. The zero-order chi connectivity index (χ0) is 14.1. The Hall–Kier alpha value is -0.970. The molecular weight excluding hydrogens is 236 g/mol. The molecule has 1 N–H and O–H groups in total. The molecular formula is C15H28N4. The van der Waals surface area contributed by atoms with E-state index in [4.69, 9.17) is 0 Å². The molecule has 1 heterocycles. The topological polar surface area (TPSA) is 31.4 Å². The van der Waals surface area contributed by atoms with Gasteiger partial charge in [-0.15, -0.1) is 0 Å². The minimum atomic E-state index is 0.594. The van der Waals surface area contributed by atoms with Crippen LogP contribution in [0.4, 0.5) is 0 Å². The molecule has 0 aliphatic heterocycles. The number of nitrogens with one attached hydrogen (secondary N) is 1. The van der Waals surface area contributed by atoms with E-state index in [2.05, 4.69) is 54.1 Å². The Labute approximate surface area is 117 Å². The van der Waals surface area contributed by atoms with Gasteiger partial charge in [-0.25, -0.2) is 0 Å². The van der Waals surface area contributed by atoms with Gasteiger partial charge in [-0.1, -0.05) is 13.0 Å². The summed E-state index contributed by atoms with van der Waals surface area (Å²) >= 11 is 0. The van der Waals surface area contributed by atoms with Gasteiger partial charge >= 0.3 is 0 Å². The van der Waals surface area contributed by atoms with E-state index < -0.39 is 0 Å². The van der Waals surface area contributed by atoms with E-state index in [1.165, 1.54) is 0 Å². The van der Waals surface area contributed by atoms with Crippen LogP contribution in [0.1, 0.15) is 19.5 Å². The second-order valence-electron chi connectivity index (χ2n) is 5.24. The second kappa shape index (κ2) is 9.02. The summed E-state index contributed by atoms with van der Waals surface area (Å²) in [5.74, 6) is 0. The van der Waals surface area contributed by atoms with Crippen LogP contribution in [-0.2, 0) is 6.54 Å². The number of aromatic nitrogens is 1. The minimum absolute atomic E-state index is 0.594. The summed E-state index contributed by atoms with van der Waals surface area (Å²) in [5, 5.41) is 3.46. The standard InChI is InChI=1S/C15H28N4/c1-5-19(14(2)13-18(3)4)11-10-16-12-15-8-6-7-9-17-15/h6-9,14,16H,5,10-13H2,1-4H3. The van der Waals surface area contributed by atoms with Crippen LogP contribution in [0.5, 0.6) is 0 Å². The van der Waals surface area contributed by atoms with Gasteiger partial charge in [-0.3, -0.25) is 9.88 Å². The molecule has 0 saturated carbocycles. The van der Waals surface area contributed by atoms with Gasteiger partial charge in [0.1, 0.15) is 0 Å². The number of likely N-dealkylation sites (N-methyl/N-ethyl adjacent to an activating group) is 2. The molecule has 0 aliphatic rings. The largest absolute Gasteiger partial charge is 0.310 e. The van der Waals surface area contributed by atoms with Gasteiger partial charge in [0, 0.05) is 38.4 Å². The number of hydrogen-bond donors (Lipinski definition) is 1. The predicted octanol–water partition coefficient (Wildman–Crippen LogP) is 1.44. The first kappa shape index (κ1) is 16.1. The van der Waals surface area contributed by atoms with E-state index in [1.54, 1.807) is 0 Å². The zero-order valence-corrected chi connectivity index (χ0v) is 12.8. The third-order valence-electron chi connectivity index (χ3n) is 3.27. The molecule has 0 fully saturated rings. The van der Waals surface area contributed by atoms with Crippen LogP contribution in [-0.4, -0.2) is 61.1 Å². The first-order chi connectivity index (χ1) is 9.13. The lowest BCUT2D eigenvalue weighted by atomic mass is 10.2. The zero-order valence-electron chi connectivity index (χ0n) is 12.8. The van der Waals surface area contributed by atoms with Crippen molar-refractivity contribution in [3.05, 3.63) is 30.1 Å². The van der Waals surface area contributed by atoms with Crippen molar-refractivity contribution in [1.82, 2.24) is 20.1 Å². The summed E-state index contributed by atoms with van der Waals surface area (Å²) < 4.78 is 0. The van der Waals surface area contributed by atoms with Crippen LogP contribution in [0, 0.1) is 0 Å². The number of rotatable bonds is 9. The molecule has 1 rings (SSSR count). The average molecular weight is 264 g/mol. The molecule has 4 heteroatoms. The van der Waals surface area contributed by atoms with Gasteiger partial charge < -0.3 is 10.2 Å². The maximum absolute atomic E-state index is 4.31. The van der Waals surface area contributed by atoms with Crippen molar-refractivity contribution in [2.75, 3.05) is 40.3 Å². The molecule has 0 radical (unpaired) electrons. The highest BCUT2D eigenvalue weighted by atomic mass is 15.2. The van der Waals surface area contributed by atoms with E-state index in [9.17, 15) is 0 Å². The van der Waals surface area contributed by atoms with Gasteiger partial charge in [-0.2, -0.15) is 0 Å². The van der Waals surface area contributed by atoms with Crippen molar-refractivity contribution >= 4 is 0 Å². The van der Waals surface area contributed by atoms with Crippen molar-refractivity contribution in [2.24, 2.45) is 0 Å². The molecule has 0 aliphatic carbocycles. The van der Waals surface area contributed by atoms with E-state index in [0.717, 1.165) is 38.4 Å². The Morgan fingerprint density at radius 3 is 2.68 bits per heavy atom. The summed E-state index contributed by atoms with van der Waals surface area (Å²) in [6.45, 7) is 9.66. The molecule has 19 heavy (non-hydrogen) atoms. The molecule has 0 saturated heterocycles. The molecule has 1 unspecified atom stereocenters. The van der Waals surface area contributed by atoms with E-state index in [-0.39, 0.29) is 0 Å². The molecule has 0 amide bonds. The Kier molecular flexibility index (Phi) is 7.63. The van der Waals surface area contributed by atoms with Crippen LogP contribution in [0.15, 0.2) is 24.4 Å². The Morgan fingerprint density at radius 2 is 2.11 bits per heavy atom. The van der Waals surface area contributed by atoms with Crippen molar-refractivity contribution in [3.8, 4) is 0 Å². The summed E-state index contributed by atoms with van der Waals surface area (Å²) in [7, 11) is 4.26. The predicted molar refractivity (Wildman–Crippen MR) is 81.2 cm³/mol. The molecule has 1 aromatic rings. The molecule has 0 aromatic carbocycles. The smallest absolute Gasteiger partial charge is 0.0541 e. The first-order valence-corrected chi connectivity index (χ1v) is 7.13. The van der Waals surface area contributed by atoms with Crippen molar-refractivity contribution in [3.63, 3.8) is 0 Å². The van der Waals surface area contributed by atoms with E-state index in [0.29, 0.717) is 6.04 Å². The third kappa shape index (κ3) is 6.66. The summed E-state index contributed by atoms with van der Waals surface area (Å²) in [6.07, 6.45) is 1.84. The lowest BCUT2D eigenvalue weighted by Gasteiger charge is -2.30. The van der Waals surface area contributed by atoms with Gasteiger partial charge in [0.05, 0.1) is 5.69 Å². The highest BCUT2D eigenvalue weighted by Crippen LogP contribution is 1.99. The average Bonchev–Trinajstić information content (AvgIpc) is 2.39. The number of nitrogens with zero attached hydrogens (tertiary/aromatic N) is 3. The van der Waals surface area contributed by atoms with Gasteiger partial charge in [0.15, 0.2) is 0 Å². The van der Waals surface area contributed by atoms with Crippen molar-refractivity contribution < 1.29 is 0 Å². The van der Waals surface area contributed by atoms with Crippen LogP contribution in [0.2, 0.25) is 0 Å². The van der Waals surface area contributed by atoms with Gasteiger partial charge in [0.2, 0.25) is 0 Å². The highest BCUT2D eigenvalue weighted by Gasteiger charge is 2.11. The Morgan fingerprint density at radius 1 is 1.32 bits per heavy atom. The Bertz CT molecular complexity index is 326. The van der Waals surface area contributed by atoms with Crippen LogP contribution < -0.4 is 5.32 Å². The van der Waals surface area contributed by atoms with Crippen LogP contribution in [0.25, 0.3) is 0 Å². The van der Waals surface area contributed by atoms with Gasteiger partial charge in [0.25, 0.3) is 0 Å². The fraction of sp³-hybridized carbons (Fsp3) is 0.667. The van der Waals surface area contributed by atoms with Crippen LogP contribution >= 0.6 is 0 Å². The maximum Gasteiger partial charge on any atom is 0.0541 e. The lowest BCUT2D eigenvalue weighted by Crippen LogP contribution is -2.43. The molecule has 4 nitrogen and oxygen atoms in total. The molecule has 0 bridgehead atoms. The van der Waals surface area contributed by atoms with Crippen molar-refractivity contribution in [2.45, 2.75) is 26.4 Å². The number of pyridine rings is 1. The fourth-order valence-electron chi connectivity index (χ4n) is 2.28. The summed E-state index contributed by atoms with van der Waals surface area (Å²) in [4.78, 5) is 9.06. The normalized spacial score (nSPS) is 13.2. The van der Waals surface area contributed by atoms with Crippen LogP contribution in [0.3, 0.4) is 0 Å². The second-order valence-corrected chi connectivity index (χ2v) is 5.24. The first-order valence-electron chi connectivity index (χ1n) is 7.13. The molecule has 1 aromatic heterocycles. The highest BCUT2D eigenvalue weighted by molar-refractivity contribution is 5.02. The van der Waals surface area contributed by atoms with Crippen molar-refractivity contribution in [1.29, 1.82) is 0 Å². The SMILES string of the molecule is CCN(CCNCc1ccccn1)C(C)CN(C)C. The molecule has 1 atom stereocenters. The molecule has 108 valence electrons.